The molecule has 2 amide bonds. The zero-order valence-corrected chi connectivity index (χ0v) is 27.2. The number of methoxy groups -OCH3 is 1. The predicted octanol–water partition coefficient (Wildman–Crippen LogP) is 8.38. The highest BCUT2D eigenvalue weighted by Gasteiger charge is 2.22. The van der Waals surface area contributed by atoms with Gasteiger partial charge in [0.25, 0.3) is 11.8 Å². The topological polar surface area (TPSA) is 76.7 Å². The Morgan fingerprint density at radius 2 is 1.20 bits per heavy atom. The fourth-order valence-corrected chi connectivity index (χ4v) is 4.82. The molecule has 2 N–H and O–H groups in total. The van der Waals surface area contributed by atoms with Gasteiger partial charge in [0, 0.05) is 21.7 Å². The van der Waals surface area contributed by atoms with Gasteiger partial charge in [-0.3, -0.25) is 9.59 Å². The van der Waals surface area contributed by atoms with Crippen LogP contribution in [0, 0.1) is 0 Å². The van der Waals surface area contributed by atoms with Gasteiger partial charge >= 0.3 is 0 Å². The molecule has 0 spiro atoms. The van der Waals surface area contributed by atoms with Crippen molar-refractivity contribution in [3.8, 4) is 11.5 Å². The predicted molar refractivity (Wildman–Crippen MR) is 177 cm³/mol. The Labute approximate surface area is 265 Å². The van der Waals surface area contributed by atoms with Crippen LogP contribution in [-0.2, 0) is 17.4 Å². The molecular weight excluding hydrogens is 572 g/mol. The molecule has 44 heavy (non-hydrogen) atoms. The van der Waals surface area contributed by atoms with Crippen LogP contribution >= 0.6 is 11.6 Å². The van der Waals surface area contributed by atoms with Gasteiger partial charge in [0.2, 0.25) is 0 Å². The summed E-state index contributed by atoms with van der Waals surface area (Å²) in [7, 11) is 1.54. The molecule has 0 aliphatic heterocycles. The van der Waals surface area contributed by atoms with E-state index in [4.69, 9.17) is 21.1 Å². The molecule has 230 valence electrons. The number of ether oxygens (including phenoxy) is 2. The summed E-state index contributed by atoms with van der Waals surface area (Å²) in [6.45, 7) is 13.0. The van der Waals surface area contributed by atoms with Gasteiger partial charge in [0.05, 0.1) is 7.11 Å². The van der Waals surface area contributed by atoms with E-state index in [9.17, 15) is 9.59 Å². The molecule has 0 unspecified atom stereocenters. The molecular formula is C37H41ClN2O4. The molecule has 0 aliphatic rings. The molecule has 0 aromatic heterocycles. The van der Waals surface area contributed by atoms with Crippen LogP contribution in [0.3, 0.4) is 0 Å². The molecule has 0 saturated carbocycles. The Morgan fingerprint density at radius 3 is 1.66 bits per heavy atom. The van der Waals surface area contributed by atoms with Crippen molar-refractivity contribution in [3.63, 3.8) is 0 Å². The first-order valence-corrected chi connectivity index (χ1v) is 15.0. The smallest absolute Gasteiger partial charge is 0.253 e. The maximum absolute atomic E-state index is 13.4. The number of hydrogen-bond donors (Lipinski definition) is 2. The van der Waals surface area contributed by atoms with Crippen molar-refractivity contribution in [2.45, 2.75) is 65.1 Å². The fourth-order valence-electron chi connectivity index (χ4n) is 4.63. The number of hydrogen-bond acceptors (Lipinski definition) is 4. The van der Waals surface area contributed by atoms with Crippen molar-refractivity contribution in [2.75, 3.05) is 7.11 Å². The maximum Gasteiger partial charge on any atom is 0.253 e. The summed E-state index contributed by atoms with van der Waals surface area (Å²) >= 11 is 6.30. The van der Waals surface area contributed by atoms with Gasteiger partial charge in [0.1, 0.15) is 12.8 Å². The number of halogens is 1. The normalized spacial score (nSPS) is 11.7. The highest BCUT2D eigenvalue weighted by Crippen LogP contribution is 2.32. The lowest BCUT2D eigenvalue weighted by Gasteiger charge is -2.23. The quantitative estimate of drug-likeness (QED) is 0.186. The van der Waals surface area contributed by atoms with Gasteiger partial charge in [-0.25, -0.2) is 0 Å². The van der Waals surface area contributed by atoms with Crippen LogP contribution in [0.25, 0.3) is 0 Å². The molecule has 4 aromatic carbocycles. The van der Waals surface area contributed by atoms with Crippen LogP contribution in [-0.4, -0.2) is 18.9 Å². The monoisotopic (exact) mass is 612 g/mol. The molecule has 4 aromatic rings. The number of carbonyl (C=O) groups is 2. The van der Waals surface area contributed by atoms with E-state index in [0.29, 0.717) is 33.2 Å². The Balaban J connectivity index is 1.61. The Kier molecular flexibility index (Phi) is 10.1. The SMILES string of the molecule is COc1cc(C(NC(=O)c2ccc(C(C)(C)C)cc2)NC(=O)c2ccc(C(C)(C)C)cc2)ccc1OCc1ccccc1Cl. The van der Waals surface area contributed by atoms with E-state index in [0.717, 1.165) is 16.7 Å². The summed E-state index contributed by atoms with van der Waals surface area (Å²) in [5, 5.41) is 6.60. The summed E-state index contributed by atoms with van der Waals surface area (Å²) < 4.78 is 11.7. The molecule has 0 fully saturated rings. The second-order valence-electron chi connectivity index (χ2n) is 12.8. The van der Waals surface area contributed by atoms with Gasteiger partial charge in [-0.1, -0.05) is 102 Å². The van der Waals surface area contributed by atoms with Crippen molar-refractivity contribution in [2.24, 2.45) is 0 Å². The molecule has 0 saturated heterocycles. The molecule has 0 aliphatic carbocycles. The number of rotatable bonds is 9. The molecule has 0 heterocycles. The molecule has 0 atom stereocenters. The fraction of sp³-hybridized carbons (Fsp3) is 0.297. The second kappa shape index (κ2) is 13.6. The van der Waals surface area contributed by atoms with Crippen molar-refractivity contribution in [1.82, 2.24) is 10.6 Å². The van der Waals surface area contributed by atoms with Gasteiger partial charge in [0.15, 0.2) is 11.5 Å². The van der Waals surface area contributed by atoms with Gasteiger partial charge < -0.3 is 20.1 Å². The van der Waals surface area contributed by atoms with Crippen LogP contribution in [0.4, 0.5) is 0 Å². The molecule has 4 rings (SSSR count). The van der Waals surface area contributed by atoms with E-state index < -0.39 is 6.17 Å². The van der Waals surface area contributed by atoms with E-state index in [1.165, 1.54) is 0 Å². The summed E-state index contributed by atoms with van der Waals surface area (Å²) in [5.41, 5.74) is 4.58. The third kappa shape index (κ3) is 8.20. The summed E-state index contributed by atoms with van der Waals surface area (Å²) in [5.74, 6) is 0.309. The van der Waals surface area contributed by atoms with Crippen molar-refractivity contribution < 1.29 is 19.1 Å². The zero-order valence-electron chi connectivity index (χ0n) is 26.5. The minimum Gasteiger partial charge on any atom is -0.493 e. The molecule has 0 bridgehead atoms. The minimum absolute atomic E-state index is 0.0414. The van der Waals surface area contributed by atoms with Crippen molar-refractivity contribution in [1.29, 1.82) is 0 Å². The first-order valence-electron chi connectivity index (χ1n) is 14.6. The average Bonchev–Trinajstić information content (AvgIpc) is 2.99. The molecule has 6 nitrogen and oxygen atoms in total. The number of nitrogens with one attached hydrogen (secondary N) is 2. The summed E-state index contributed by atoms with van der Waals surface area (Å²) in [4.78, 5) is 26.9. The standard InChI is InChI=1S/C37H41ClN2O4/c1-36(2,3)28-17-12-24(13-18-28)34(41)39-33(40-35(42)25-14-19-29(20-15-25)37(4,5)6)26-16-21-31(32(22-26)43-7)44-23-27-10-8-9-11-30(27)38/h8-22,33H,23H2,1-7H3,(H,39,41)(H,40,42). The molecule has 7 heteroatoms. The number of carbonyl (C=O) groups excluding carboxylic acids is 2. The highest BCUT2D eigenvalue weighted by molar-refractivity contribution is 6.31. The van der Waals surface area contributed by atoms with Crippen molar-refractivity contribution >= 4 is 23.4 Å². The Hall–Kier alpha value is -4.29. The third-order valence-electron chi connectivity index (χ3n) is 7.44. The minimum atomic E-state index is -0.855. The van der Waals surface area contributed by atoms with Crippen LogP contribution in [0.5, 0.6) is 11.5 Å². The van der Waals surface area contributed by atoms with E-state index in [-0.39, 0.29) is 29.3 Å². The van der Waals surface area contributed by atoms with E-state index in [1.807, 2.05) is 48.5 Å². The van der Waals surface area contributed by atoms with Crippen molar-refractivity contribution in [3.05, 3.63) is 129 Å². The summed E-state index contributed by atoms with van der Waals surface area (Å²) in [6.07, 6.45) is -0.855. The van der Waals surface area contributed by atoms with Crippen LogP contribution in [0.15, 0.2) is 91.0 Å². The van der Waals surface area contributed by atoms with Crippen LogP contribution < -0.4 is 20.1 Å². The average molecular weight is 613 g/mol. The second-order valence-corrected chi connectivity index (χ2v) is 13.2. The first kappa shape index (κ1) is 32.6. The number of benzene rings is 4. The van der Waals surface area contributed by atoms with Gasteiger partial charge in [-0.2, -0.15) is 0 Å². The first-order chi connectivity index (χ1) is 20.8. The lowest BCUT2D eigenvalue weighted by atomic mass is 9.86. The van der Waals surface area contributed by atoms with E-state index in [2.05, 4.69) is 52.2 Å². The Bertz CT molecular complexity index is 1530. The third-order valence-corrected chi connectivity index (χ3v) is 7.81. The lowest BCUT2D eigenvalue weighted by Crippen LogP contribution is -2.41. The van der Waals surface area contributed by atoms with Crippen LogP contribution in [0.1, 0.15) is 90.7 Å². The van der Waals surface area contributed by atoms with Crippen LogP contribution in [0.2, 0.25) is 5.02 Å². The van der Waals surface area contributed by atoms with E-state index >= 15 is 0 Å². The highest BCUT2D eigenvalue weighted by atomic mass is 35.5. The Morgan fingerprint density at radius 1 is 0.705 bits per heavy atom. The summed E-state index contributed by atoms with van der Waals surface area (Å²) in [6, 6.07) is 27.8. The zero-order chi connectivity index (χ0) is 32.1. The maximum atomic E-state index is 13.4. The van der Waals surface area contributed by atoms with Gasteiger partial charge in [-0.05, 0) is 70.0 Å². The number of amides is 2. The molecule has 0 radical (unpaired) electrons. The van der Waals surface area contributed by atoms with Gasteiger partial charge in [-0.15, -0.1) is 0 Å². The lowest BCUT2D eigenvalue weighted by molar-refractivity contribution is 0.0883. The largest absolute Gasteiger partial charge is 0.493 e. The van der Waals surface area contributed by atoms with E-state index in [1.54, 1.807) is 49.6 Å².